The zero-order chi connectivity index (χ0) is 14.5. The van der Waals surface area contributed by atoms with Crippen molar-refractivity contribution in [2.75, 3.05) is 5.32 Å². The molecule has 5 heteroatoms. The first-order chi connectivity index (χ1) is 9.56. The molecule has 1 aromatic carbocycles. The normalized spacial score (nSPS) is 10.7. The third-order valence-corrected chi connectivity index (χ3v) is 2.59. The second-order valence-corrected chi connectivity index (χ2v) is 4.61. The Bertz CT molecular complexity index is 588. The van der Waals surface area contributed by atoms with E-state index in [-0.39, 0.29) is 12.6 Å². The summed E-state index contributed by atoms with van der Waals surface area (Å²) in [5.74, 6) is -0.0392. The lowest BCUT2D eigenvalue weighted by Crippen LogP contribution is -2.10. The van der Waals surface area contributed by atoms with Crippen LogP contribution in [0.5, 0.6) is 5.75 Å². The zero-order valence-electron chi connectivity index (χ0n) is 11.4. The third kappa shape index (κ3) is 3.66. The fourth-order valence-corrected chi connectivity index (χ4v) is 1.72. The summed E-state index contributed by atoms with van der Waals surface area (Å²) >= 11 is 0. The average molecular weight is 278 g/mol. The Morgan fingerprint density at radius 3 is 2.75 bits per heavy atom. The molecule has 1 aromatic heterocycles. The number of halogens is 2. The molecule has 0 amide bonds. The van der Waals surface area contributed by atoms with Crippen molar-refractivity contribution in [3.63, 3.8) is 0 Å². The van der Waals surface area contributed by atoms with Gasteiger partial charge >= 0.3 is 0 Å². The van der Waals surface area contributed by atoms with Crippen LogP contribution in [0.3, 0.4) is 0 Å². The van der Waals surface area contributed by atoms with E-state index in [2.05, 4.69) is 10.3 Å². The topological polar surface area (TPSA) is 34.1 Å². The molecule has 0 bridgehead atoms. The number of nitrogens with one attached hydrogen (secondary N) is 1. The monoisotopic (exact) mass is 278 g/mol. The molecule has 0 saturated heterocycles. The number of pyridine rings is 1. The van der Waals surface area contributed by atoms with Gasteiger partial charge in [-0.3, -0.25) is 0 Å². The SMILES string of the molecule is CC(C)Oc1cccnc1NCc1ccc(F)cc1F. The van der Waals surface area contributed by atoms with Crippen LogP contribution in [-0.2, 0) is 6.54 Å². The van der Waals surface area contributed by atoms with Crippen LogP contribution < -0.4 is 10.1 Å². The molecule has 0 saturated carbocycles. The molecule has 1 heterocycles. The van der Waals surface area contributed by atoms with Crippen LogP contribution >= 0.6 is 0 Å². The molecule has 0 spiro atoms. The van der Waals surface area contributed by atoms with Gasteiger partial charge in [0.05, 0.1) is 6.10 Å². The molecular weight excluding hydrogens is 262 g/mol. The number of ether oxygens (including phenoxy) is 1. The van der Waals surface area contributed by atoms with Crippen molar-refractivity contribution in [3.8, 4) is 5.75 Å². The highest BCUT2D eigenvalue weighted by Crippen LogP contribution is 2.23. The lowest BCUT2D eigenvalue weighted by Gasteiger charge is -2.14. The van der Waals surface area contributed by atoms with Gasteiger partial charge in [0.2, 0.25) is 0 Å². The number of aromatic nitrogens is 1. The maximum absolute atomic E-state index is 13.5. The number of rotatable bonds is 5. The second-order valence-electron chi connectivity index (χ2n) is 4.61. The minimum atomic E-state index is -0.590. The fraction of sp³-hybridized carbons (Fsp3) is 0.267. The molecule has 0 aliphatic carbocycles. The molecule has 0 aliphatic heterocycles. The predicted molar refractivity (Wildman–Crippen MR) is 73.7 cm³/mol. The van der Waals surface area contributed by atoms with Crippen LogP contribution in [0.4, 0.5) is 14.6 Å². The fourth-order valence-electron chi connectivity index (χ4n) is 1.72. The summed E-state index contributed by atoms with van der Waals surface area (Å²) in [5, 5.41) is 3.00. The van der Waals surface area contributed by atoms with E-state index in [9.17, 15) is 8.78 Å². The Labute approximate surface area is 116 Å². The minimum Gasteiger partial charge on any atom is -0.487 e. The van der Waals surface area contributed by atoms with E-state index in [4.69, 9.17) is 4.74 Å². The van der Waals surface area contributed by atoms with Crippen molar-refractivity contribution < 1.29 is 13.5 Å². The second kappa shape index (κ2) is 6.32. The summed E-state index contributed by atoms with van der Waals surface area (Å²) in [7, 11) is 0. The van der Waals surface area contributed by atoms with Gasteiger partial charge in [-0.2, -0.15) is 0 Å². The predicted octanol–water partition coefficient (Wildman–Crippen LogP) is 3.76. The molecule has 106 valence electrons. The van der Waals surface area contributed by atoms with Gasteiger partial charge in [-0.15, -0.1) is 0 Å². The smallest absolute Gasteiger partial charge is 0.169 e. The van der Waals surface area contributed by atoms with Crippen molar-refractivity contribution in [2.45, 2.75) is 26.5 Å². The average Bonchev–Trinajstić information content (AvgIpc) is 2.39. The summed E-state index contributed by atoms with van der Waals surface area (Å²) < 4.78 is 32.0. The molecule has 3 nitrogen and oxygen atoms in total. The highest BCUT2D eigenvalue weighted by atomic mass is 19.1. The molecule has 0 radical (unpaired) electrons. The third-order valence-electron chi connectivity index (χ3n) is 2.59. The van der Waals surface area contributed by atoms with E-state index in [0.717, 1.165) is 6.07 Å². The standard InChI is InChI=1S/C15H16F2N2O/c1-10(2)20-14-4-3-7-18-15(14)19-9-11-5-6-12(16)8-13(11)17/h3-8,10H,9H2,1-2H3,(H,18,19). The zero-order valence-corrected chi connectivity index (χ0v) is 11.4. The Hall–Kier alpha value is -2.17. The van der Waals surface area contributed by atoms with Crippen LogP contribution in [0.2, 0.25) is 0 Å². The molecule has 0 aliphatic rings. The number of hydrogen-bond donors (Lipinski definition) is 1. The summed E-state index contributed by atoms with van der Waals surface area (Å²) in [5.41, 5.74) is 0.368. The molecule has 2 rings (SSSR count). The van der Waals surface area contributed by atoms with Crippen LogP contribution in [0.15, 0.2) is 36.5 Å². The maximum Gasteiger partial charge on any atom is 0.169 e. The van der Waals surface area contributed by atoms with Crippen molar-refractivity contribution in [2.24, 2.45) is 0 Å². The van der Waals surface area contributed by atoms with Crippen molar-refractivity contribution in [3.05, 3.63) is 53.7 Å². The van der Waals surface area contributed by atoms with Crippen LogP contribution in [0.1, 0.15) is 19.4 Å². The lowest BCUT2D eigenvalue weighted by molar-refractivity contribution is 0.243. The quantitative estimate of drug-likeness (QED) is 0.904. The van der Waals surface area contributed by atoms with E-state index in [1.807, 2.05) is 13.8 Å². The van der Waals surface area contributed by atoms with E-state index in [0.29, 0.717) is 17.1 Å². The number of benzene rings is 1. The van der Waals surface area contributed by atoms with Crippen molar-refractivity contribution >= 4 is 5.82 Å². The molecule has 0 atom stereocenters. The first-order valence-electron chi connectivity index (χ1n) is 6.35. The first kappa shape index (κ1) is 14.2. The van der Waals surface area contributed by atoms with E-state index >= 15 is 0 Å². The number of anilines is 1. The summed E-state index contributed by atoms with van der Waals surface area (Å²) in [6, 6.07) is 7.05. The van der Waals surface area contributed by atoms with Gasteiger partial charge in [-0.1, -0.05) is 6.07 Å². The molecular formula is C15H16F2N2O. The van der Waals surface area contributed by atoms with Crippen LogP contribution in [-0.4, -0.2) is 11.1 Å². The Balaban J connectivity index is 2.10. The highest BCUT2D eigenvalue weighted by molar-refractivity contribution is 5.49. The van der Waals surface area contributed by atoms with E-state index in [1.165, 1.54) is 12.1 Å². The Kier molecular flexibility index (Phi) is 4.50. The molecule has 0 fully saturated rings. The molecule has 2 aromatic rings. The molecule has 20 heavy (non-hydrogen) atoms. The maximum atomic E-state index is 13.5. The van der Waals surface area contributed by atoms with Crippen LogP contribution in [0.25, 0.3) is 0 Å². The minimum absolute atomic E-state index is 0.0160. The van der Waals surface area contributed by atoms with Gasteiger partial charge in [0.15, 0.2) is 11.6 Å². The Morgan fingerprint density at radius 2 is 2.05 bits per heavy atom. The molecule has 0 unspecified atom stereocenters. The summed E-state index contributed by atoms with van der Waals surface area (Å²) in [6.07, 6.45) is 1.64. The van der Waals surface area contributed by atoms with E-state index in [1.54, 1.807) is 18.3 Å². The summed E-state index contributed by atoms with van der Waals surface area (Å²) in [4.78, 5) is 4.16. The first-order valence-corrected chi connectivity index (χ1v) is 6.35. The van der Waals surface area contributed by atoms with Crippen molar-refractivity contribution in [1.82, 2.24) is 4.98 Å². The van der Waals surface area contributed by atoms with Gasteiger partial charge in [-0.25, -0.2) is 13.8 Å². The van der Waals surface area contributed by atoms with Gasteiger partial charge in [0, 0.05) is 24.4 Å². The van der Waals surface area contributed by atoms with Crippen LogP contribution in [0, 0.1) is 11.6 Å². The largest absolute Gasteiger partial charge is 0.487 e. The molecule has 1 N–H and O–H groups in total. The van der Waals surface area contributed by atoms with Crippen molar-refractivity contribution in [1.29, 1.82) is 0 Å². The van der Waals surface area contributed by atoms with Gasteiger partial charge in [-0.05, 0) is 32.0 Å². The van der Waals surface area contributed by atoms with Gasteiger partial charge in [0.1, 0.15) is 11.6 Å². The number of hydrogen-bond acceptors (Lipinski definition) is 3. The Morgan fingerprint density at radius 1 is 1.25 bits per heavy atom. The number of nitrogens with zero attached hydrogens (tertiary/aromatic N) is 1. The highest BCUT2D eigenvalue weighted by Gasteiger charge is 2.08. The summed E-state index contributed by atoms with van der Waals surface area (Å²) in [6.45, 7) is 4.03. The van der Waals surface area contributed by atoms with E-state index < -0.39 is 11.6 Å². The lowest BCUT2D eigenvalue weighted by atomic mass is 10.2. The van der Waals surface area contributed by atoms with Gasteiger partial charge in [0.25, 0.3) is 0 Å². The van der Waals surface area contributed by atoms with Gasteiger partial charge < -0.3 is 10.1 Å².